The number of unbranched alkanes of at least 4 members (excludes halogenated alkanes) is 1. The van der Waals surface area contributed by atoms with Gasteiger partial charge in [0.05, 0.1) is 0 Å². The van der Waals surface area contributed by atoms with E-state index < -0.39 is 0 Å². The van der Waals surface area contributed by atoms with Gasteiger partial charge < -0.3 is 5.41 Å². The van der Waals surface area contributed by atoms with Crippen molar-refractivity contribution in [3.63, 3.8) is 0 Å². The summed E-state index contributed by atoms with van der Waals surface area (Å²) in [6.07, 6.45) is 3.17. The maximum absolute atomic E-state index is 6.59. The molecule has 0 atom stereocenters. The molecule has 0 aliphatic heterocycles. The molecule has 0 radical (unpaired) electrons. The van der Waals surface area contributed by atoms with Crippen molar-refractivity contribution in [2.45, 2.75) is 12.8 Å². The molecule has 7 heavy (non-hydrogen) atoms. The van der Waals surface area contributed by atoms with E-state index in [9.17, 15) is 0 Å². The summed E-state index contributed by atoms with van der Waals surface area (Å²) in [6, 6.07) is 0. The lowest BCUT2D eigenvalue weighted by atomic mass is 10.3. The molecule has 0 rings (SSSR count). The zero-order valence-corrected chi connectivity index (χ0v) is 4.28. The van der Waals surface area contributed by atoms with Crippen LogP contribution in [-0.4, -0.2) is 12.8 Å². The molecule has 0 spiro atoms. The van der Waals surface area contributed by atoms with Crippen LogP contribution in [0.3, 0.4) is 0 Å². The second-order valence-electron chi connectivity index (χ2n) is 1.30. The summed E-state index contributed by atoms with van der Waals surface area (Å²) in [6.45, 7) is 0.801. The van der Waals surface area contributed by atoms with Crippen molar-refractivity contribution in [3.8, 4) is 0 Å². The molecule has 0 aromatic heterocycles. The van der Waals surface area contributed by atoms with E-state index in [0.29, 0.717) is 0 Å². The smallest absolute Gasteiger partial charge is 0.0101 e. The van der Waals surface area contributed by atoms with Crippen molar-refractivity contribution in [3.05, 3.63) is 0 Å². The Morgan fingerprint density at radius 1 is 1.71 bits per heavy atom. The molecule has 0 unspecified atom stereocenters. The van der Waals surface area contributed by atoms with Crippen LogP contribution in [-0.2, 0) is 0 Å². The SMILES string of the molecule is N=CCCCNN. The first-order valence-corrected chi connectivity index (χ1v) is 2.34. The van der Waals surface area contributed by atoms with Crippen LogP contribution < -0.4 is 11.3 Å². The van der Waals surface area contributed by atoms with Gasteiger partial charge in [-0.25, -0.2) is 0 Å². The average molecular weight is 101 g/mol. The van der Waals surface area contributed by atoms with Crippen molar-refractivity contribution < 1.29 is 0 Å². The predicted molar refractivity (Wildman–Crippen MR) is 30.2 cm³/mol. The van der Waals surface area contributed by atoms with E-state index in [1.807, 2.05) is 0 Å². The van der Waals surface area contributed by atoms with Gasteiger partial charge in [-0.2, -0.15) is 0 Å². The molecule has 0 heterocycles. The molecule has 4 N–H and O–H groups in total. The van der Waals surface area contributed by atoms with E-state index in [2.05, 4.69) is 5.43 Å². The molecule has 42 valence electrons. The summed E-state index contributed by atoms with van der Waals surface area (Å²) in [5, 5.41) is 6.59. The van der Waals surface area contributed by atoms with E-state index in [-0.39, 0.29) is 0 Å². The van der Waals surface area contributed by atoms with Crippen LogP contribution in [0, 0.1) is 5.41 Å². The van der Waals surface area contributed by atoms with Gasteiger partial charge in [0, 0.05) is 6.54 Å². The van der Waals surface area contributed by atoms with E-state index in [0.717, 1.165) is 19.4 Å². The number of rotatable bonds is 4. The van der Waals surface area contributed by atoms with Gasteiger partial charge >= 0.3 is 0 Å². The van der Waals surface area contributed by atoms with Crippen LogP contribution in [0.15, 0.2) is 0 Å². The Labute approximate surface area is 43.4 Å². The second-order valence-corrected chi connectivity index (χ2v) is 1.30. The van der Waals surface area contributed by atoms with Gasteiger partial charge in [0.25, 0.3) is 0 Å². The minimum Gasteiger partial charge on any atom is -0.313 e. The summed E-state index contributed by atoms with van der Waals surface area (Å²) in [7, 11) is 0. The maximum Gasteiger partial charge on any atom is 0.0101 e. The number of hydrazine groups is 1. The number of nitrogens with two attached hydrogens (primary N) is 1. The first-order valence-electron chi connectivity index (χ1n) is 2.34. The highest BCUT2D eigenvalue weighted by Crippen LogP contribution is 1.77. The topological polar surface area (TPSA) is 61.9 Å². The lowest BCUT2D eigenvalue weighted by Crippen LogP contribution is -2.22. The molecule has 0 bridgehead atoms. The van der Waals surface area contributed by atoms with Crippen LogP contribution in [0.2, 0.25) is 0 Å². The highest BCUT2D eigenvalue weighted by atomic mass is 15.2. The monoisotopic (exact) mass is 101 g/mol. The standard InChI is InChI=1S/C4H11N3/c5-3-1-2-4-7-6/h3,5,7H,1-2,4,6H2. The van der Waals surface area contributed by atoms with Crippen LogP contribution >= 0.6 is 0 Å². The second kappa shape index (κ2) is 5.59. The van der Waals surface area contributed by atoms with Crippen molar-refractivity contribution in [2.24, 2.45) is 5.84 Å². The molecule has 3 nitrogen and oxygen atoms in total. The van der Waals surface area contributed by atoms with Gasteiger partial charge in [-0.05, 0) is 19.1 Å². The zero-order chi connectivity index (χ0) is 5.54. The fraction of sp³-hybridized carbons (Fsp3) is 0.750. The highest BCUT2D eigenvalue weighted by Gasteiger charge is 1.77. The summed E-state index contributed by atoms with van der Waals surface area (Å²) in [5.74, 6) is 4.94. The molecule has 0 aliphatic carbocycles. The van der Waals surface area contributed by atoms with E-state index in [4.69, 9.17) is 11.3 Å². The molecule has 0 fully saturated rings. The third kappa shape index (κ3) is 5.59. The Morgan fingerprint density at radius 3 is 2.86 bits per heavy atom. The van der Waals surface area contributed by atoms with Gasteiger partial charge in [-0.1, -0.05) is 0 Å². The van der Waals surface area contributed by atoms with E-state index in [1.54, 1.807) is 0 Å². The Hall–Kier alpha value is -0.410. The number of hydrogen-bond acceptors (Lipinski definition) is 3. The van der Waals surface area contributed by atoms with Crippen molar-refractivity contribution in [1.82, 2.24) is 5.43 Å². The van der Waals surface area contributed by atoms with Crippen molar-refractivity contribution in [2.75, 3.05) is 6.54 Å². The lowest BCUT2D eigenvalue weighted by molar-refractivity contribution is 0.697. The largest absolute Gasteiger partial charge is 0.313 e. The van der Waals surface area contributed by atoms with Gasteiger partial charge in [0.15, 0.2) is 0 Å². The van der Waals surface area contributed by atoms with Crippen molar-refractivity contribution in [1.29, 1.82) is 5.41 Å². The average Bonchev–Trinajstić information content (AvgIpc) is 1.69. The van der Waals surface area contributed by atoms with Crippen molar-refractivity contribution >= 4 is 6.21 Å². The molecule has 0 aromatic carbocycles. The fourth-order valence-corrected chi connectivity index (χ4v) is 0.306. The molecule has 0 aliphatic rings. The van der Waals surface area contributed by atoms with Crippen LogP contribution in [0.1, 0.15) is 12.8 Å². The Kier molecular flexibility index (Phi) is 5.26. The van der Waals surface area contributed by atoms with Gasteiger partial charge in [-0.3, -0.25) is 11.3 Å². The molecular weight excluding hydrogens is 90.1 g/mol. The van der Waals surface area contributed by atoms with Crippen LogP contribution in [0.5, 0.6) is 0 Å². The molecule has 0 saturated carbocycles. The summed E-state index contributed by atoms with van der Waals surface area (Å²) in [4.78, 5) is 0. The highest BCUT2D eigenvalue weighted by molar-refractivity contribution is 5.52. The quantitative estimate of drug-likeness (QED) is 0.200. The molecule has 0 amide bonds. The Bertz CT molecular complexity index is 44.2. The van der Waals surface area contributed by atoms with E-state index in [1.165, 1.54) is 6.21 Å². The third-order valence-electron chi connectivity index (χ3n) is 0.670. The minimum atomic E-state index is 0.801. The van der Waals surface area contributed by atoms with Crippen LogP contribution in [0.4, 0.5) is 0 Å². The zero-order valence-electron chi connectivity index (χ0n) is 4.28. The maximum atomic E-state index is 6.59. The number of hydrogen-bond donors (Lipinski definition) is 3. The third-order valence-corrected chi connectivity index (χ3v) is 0.670. The molecule has 0 aromatic rings. The first kappa shape index (κ1) is 6.59. The minimum absolute atomic E-state index is 0.801. The normalized spacial score (nSPS) is 8.71. The molecule has 0 saturated heterocycles. The summed E-state index contributed by atoms with van der Waals surface area (Å²) < 4.78 is 0. The first-order chi connectivity index (χ1) is 3.41. The summed E-state index contributed by atoms with van der Waals surface area (Å²) >= 11 is 0. The van der Waals surface area contributed by atoms with Gasteiger partial charge in [0.1, 0.15) is 0 Å². The lowest BCUT2D eigenvalue weighted by Gasteiger charge is -1.90. The Balaban J connectivity index is 2.56. The summed E-state index contributed by atoms with van der Waals surface area (Å²) in [5.41, 5.74) is 2.50. The van der Waals surface area contributed by atoms with E-state index >= 15 is 0 Å². The molecular formula is C4H11N3. The number of nitrogens with one attached hydrogen (secondary N) is 2. The van der Waals surface area contributed by atoms with Gasteiger partial charge in [0.2, 0.25) is 0 Å². The Morgan fingerprint density at radius 2 is 2.43 bits per heavy atom. The van der Waals surface area contributed by atoms with Gasteiger partial charge in [-0.15, -0.1) is 0 Å². The molecule has 3 heteroatoms. The predicted octanol–water partition coefficient (Wildman–Crippen LogP) is -0.121. The fourth-order valence-electron chi connectivity index (χ4n) is 0.306. The van der Waals surface area contributed by atoms with Crippen LogP contribution in [0.25, 0.3) is 0 Å².